The molecule has 1 N–H and O–H groups in total. The SMILES string of the molecule is O=C(NCC1CCCO1)c1ccn(Cn2cc(Br)cn2)n1. The van der Waals surface area contributed by atoms with Gasteiger partial charge < -0.3 is 10.1 Å². The highest BCUT2D eigenvalue weighted by atomic mass is 79.9. The minimum atomic E-state index is -0.175. The van der Waals surface area contributed by atoms with Crippen molar-refractivity contribution < 1.29 is 9.53 Å². The van der Waals surface area contributed by atoms with E-state index in [-0.39, 0.29) is 12.0 Å². The van der Waals surface area contributed by atoms with Crippen LogP contribution in [0.3, 0.4) is 0 Å². The van der Waals surface area contributed by atoms with E-state index in [0.717, 1.165) is 23.9 Å². The highest BCUT2D eigenvalue weighted by Crippen LogP contribution is 2.11. The van der Waals surface area contributed by atoms with E-state index in [1.165, 1.54) is 0 Å². The molecule has 1 amide bonds. The predicted octanol–water partition coefficient (Wildman–Crippen LogP) is 1.26. The second-order valence-electron chi connectivity index (χ2n) is 4.92. The lowest BCUT2D eigenvalue weighted by atomic mass is 10.2. The number of amides is 1. The summed E-state index contributed by atoms with van der Waals surface area (Å²) in [6.45, 7) is 1.79. The average Bonchev–Trinajstić information content (AvgIpc) is 3.19. The van der Waals surface area contributed by atoms with Gasteiger partial charge in [-0.05, 0) is 34.8 Å². The van der Waals surface area contributed by atoms with Crippen molar-refractivity contribution in [2.75, 3.05) is 13.2 Å². The molecule has 21 heavy (non-hydrogen) atoms. The Balaban J connectivity index is 1.54. The Morgan fingerprint density at radius 2 is 2.43 bits per heavy atom. The first kappa shape index (κ1) is 14.3. The van der Waals surface area contributed by atoms with E-state index in [1.807, 2.05) is 6.20 Å². The van der Waals surface area contributed by atoms with Crippen molar-refractivity contribution in [2.24, 2.45) is 0 Å². The van der Waals surface area contributed by atoms with Crippen molar-refractivity contribution >= 4 is 21.8 Å². The zero-order chi connectivity index (χ0) is 14.7. The Bertz CT molecular complexity index is 618. The van der Waals surface area contributed by atoms with Crippen LogP contribution in [0.15, 0.2) is 29.1 Å². The van der Waals surface area contributed by atoms with Crippen molar-refractivity contribution in [1.82, 2.24) is 24.9 Å². The number of carbonyl (C=O) groups excluding carboxylic acids is 1. The maximum atomic E-state index is 12.0. The lowest BCUT2D eigenvalue weighted by Crippen LogP contribution is -2.32. The van der Waals surface area contributed by atoms with Gasteiger partial charge in [0.15, 0.2) is 0 Å². The monoisotopic (exact) mass is 353 g/mol. The lowest BCUT2D eigenvalue weighted by molar-refractivity contribution is 0.0853. The van der Waals surface area contributed by atoms with Gasteiger partial charge in [-0.2, -0.15) is 10.2 Å². The topological polar surface area (TPSA) is 74.0 Å². The minimum absolute atomic E-state index is 0.137. The van der Waals surface area contributed by atoms with E-state index >= 15 is 0 Å². The Hall–Kier alpha value is -1.67. The summed E-state index contributed by atoms with van der Waals surface area (Å²) in [6, 6.07) is 1.70. The molecule has 2 aromatic rings. The summed E-state index contributed by atoms with van der Waals surface area (Å²) in [5, 5.41) is 11.2. The Kier molecular flexibility index (Phi) is 4.35. The molecule has 0 spiro atoms. The van der Waals surface area contributed by atoms with E-state index in [2.05, 4.69) is 31.4 Å². The summed E-state index contributed by atoms with van der Waals surface area (Å²) >= 11 is 3.34. The van der Waals surface area contributed by atoms with Crippen LogP contribution in [0.2, 0.25) is 0 Å². The van der Waals surface area contributed by atoms with E-state index in [9.17, 15) is 4.79 Å². The second kappa shape index (κ2) is 6.40. The van der Waals surface area contributed by atoms with Gasteiger partial charge in [0.05, 0.1) is 16.8 Å². The van der Waals surface area contributed by atoms with Crippen LogP contribution in [0.1, 0.15) is 23.3 Å². The summed E-state index contributed by atoms with van der Waals surface area (Å²) in [7, 11) is 0. The van der Waals surface area contributed by atoms with Gasteiger partial charge in [0.1, 0.15) is 12.4 Å². The Morgan fingerprint density at radius 1 is 1.52 bits per heavy atom. The van der Waals surface area contributed by atoms with Gasteiger partial charge in [-0.1, -0.05) is 0 Å². The maximum absolute atomic E-state index is 12.0. The zero-order valence-electron chi connectivity index (χ0n) is 11.4. The summed E-state index contributed by atoms with van der Waals surface area (Å²) in [6.07, 6.45) is 7.52. The van der Waals surface area contributed by atoms with Crippen LogP contribution in [0.5, 0.6) is 0 Å². The summed E-state index contributed by atoms with van der Waals surface area (Å²) in [5.41, 5.74) is 0.402. The molecule has 0 saturated carbocycles. The van der Waals surface area contributed by atoms with Crippen LogP contribution >= 0.6 is 15.9 Å². The van der Waals surface area contributed by atoms with Crippen molar-refractivity contribution in [3.05, 3.63) is 34.8 Å². The quantitative estimate of drug-likeness (QED) is 0.877. The maximum Gasteiger partial charge on any atom is 0.271 e. The van der Waals surface area contributed by atoms with Crippen molar-refractivity contribution in [3.8, 4) is 0 Å². The number of rotatable bonds is 5. The Labute approximate surface area is 130 Å². The predicted molar refractivity (Wildman–Crippen MR) is 78.9 cm³/mol. The largest absolute Gasteiger partial charge is 0.376 e. The van der Waals surface area contributed by atoms with Crippen LogP contribution < -0.4 is 5.32 Å². The summed E-state index contributed by atoms with van der Waals surface area (Å²) in [4.78, 5) is 12.0. The average molecular weight is 354 g/mol. The highest BCUT2D eigenvalue weighted by molar-refractivity contribution is 9.10. The zero-order valence-corrected chi connectivity index (χ0v) is 13.0. The third-order valence-corrected chi connectivity index (χ3v) is 3.69. The summed E-state index contributed by atoms with van der Waals surface area (Å²) < 4.78 is 9.77. The molecule has 112 valence electrons. The molecule has 2 aromatic heterocycles. The second-order valence-corrected chi connectivity index (χ2v) is 5.84. The molecule has 1 saturated heterocycles. The minimum Gasteiger partial charge on any atom is -0.376 e. The van der Waals surface area contributed by atoms with Gasteiger partial charge in [-0.25, -0.2) is 4.68 Å². The van der Waals surface area contributed by atoms with Crippen LogP contribution in [0.4, 0.5) is 0 Å². The molecule has 1 fully saturated rings. The number of ether oxygens (including phenoxy) is 1. The van der Waals surface area contributed by atoms with Gasteiger partial charge in [-0.15, -0.1) is 0 Å². The first-order valence-corrected chi connectivity index (χ1v) is 7.61. The number of nitrogens with zero attached hydrogens (tertiary/aromatic N) is 4. The van der Waals surface area contributed by atoms with E-state index in [1.54, 1.807) is 27.8 Å². The summed E-state index contributed by atoms with van der Waals surface area (Å²) in [5.74, 6) is -0.175. The molecule has 7 nitrogen and oxygen atoms in total. The number of nitrogens with one attached hydrogen (secondary N) is 1. The molecule has 0 radical (unpaired) electrons. The molecule has 1 atom stereocenters. The van der Waals surface area contributed by atoms with Gasteiger partial charge >= 0.3 is 0 Å². The van der Waals surface area contributed by atoms with Crippen molar-refractivity contribution in [2.45, 2.75) is 25.6 Å². The van der Waals surface area contributed by atoms with E-state index in [4.69, 9.17) is 4.74 Å². The first-order valence-electron chi connectivity index (χ1n) is 6.82. The van der Waals surface area contributed by atoms with Gasteiger partial charge in [0.25, 0.3) is 5.91 Å². The van der Waals surface area contributed by atoms with Gasteiger partial charge in [0, 0.05) is 25.5 Å². The molecule has 0 bridgehead atoms. The lowest BCUT2D eigenvalue weighted by Gasteiger charge is -2.09. The number of aromatic nitrogens is 4. The third kappa shape index (κ3) is 3.70. The normalized spacial score (nSPS) is 18.0. The third-order valence-electron chi connectivity index (χ3n) is 3.28. The first-order chi connectivity index (χ1) is 10.2. The van der Waals surface area contributed by atoms with Crippen LogP contribution in [-0.4, -0.2) is 44.7 Å². The van der Waals surface area contributed by atoms with Crippen LogP contribution in [-0.2, 0) is 11.4 Å². The van der Waals surface area contributed by atoms with Crippen LogP contribution in [0, 0.1) is 0 Å². The van der Waals surface area contributed by atoms with Crippen molar-refractivity contribution in [1.29, 1.82) is 0 Å². The molecular weight excluding hydrogens is 338 g/mol. The highest BCUT2D eigenvalue weighted by Gasteiger charge is 2.17. The molecular formula is C13H16BrN5O2. The fraction of sp³-hybridized carbons (Fsp3) is 0.462. The molecule has 8 heteroatoms. The van der Waals surface area contributed by atoms with E-state index < -0.39 is 0 Å². The molecule has 1 aliphatic heterocycles. The number of hydrogen-bond acceptors (Lipinski definition) is 4. The molecule has 0 aromatic carbocycles. The number of hydrogen-bond donors (Lipinski definition) is 1. The fourth-order valence-corrected chi connectivity index (χ4v) is 2.56. The Morgan fingerprint density at radius 3 is 3.14 bits per heavy atom. The molecule has 1 aliphatic rings. The molecule has 0 aliphatic carbocycles. The number of halogens is 1. The van der Waals surface area contributed by atoms with Gasteiger partial charge in [-0.3, -0.25) is 9.48 Å². The molecule has 1 unspecified atom stereocenters. The van der Waals surface area contributed by atoms with Gasteiger partial charge in [0.2, 0.25) is 0 Å². The van der Waals surface area contributed by atoms with Crippen molar-refractivity contribution in [3.63, 3.8) is 0 Å². The smallest absolute Gasteiger partial charge is 0.271 e. The van der Waals surface area contributed by atoms with E-state index in [0.29, 0.717) is 18.9 Å². The fourth-order valence-electron chi connectivity index (χ4n) is 2.23. The molecule has 3 rings (SSSR count). The number of carbonyl (C=O) groups is 1. The standard InChI is InChI=1S/C13H16BrN5O2/c14-10-6-16-19(8-10)9-18-4-3-12(17-18)13(20)15-7-11-2-1-5-21-11/h3-4,6,8,11H,1-2,5,7,9H2,(H,15,20). The molecule has 3 heterocycles. The van der Waals surface area contributed by atoms with Crippen LogP contribution in [0.25, 0.3) is 0 Å².